The second-order valence-electron chi connectivity index (χ2n) is 6.01. The van der Waals surface area contributed by atoms with Crippen LogP contribution in [-0.4, -0.2) is 12.0 Å². The smallest absolute Gasteiger partial charge is 0.265 e. The van der Waals surface area contributed by atoms with Crippen LogP contribution in [0.1, 0.15) is 30.9 Å². The van der Waals surface area contributed by atoms with Gasteiger partial charge in [-0.15, -0.1) is 0 Å². The van der Waals surface area contributed by atoms with E-state index < -0.39 is 11.9 Å². The first-order valence-electron chi connectivity index (χ1n) is 8.07. The number of rotatable bonds is 4. The SMILES string of the molecule is CC(Oc1ccc2c(c1)CCCC2)C(=O)Nc1ccc(Br)cc1F. The lowest BCUT2D eigenvalue weighted by molar-refractivity contribution is -0.122. The Morgan fingerprint density at radius 2 is 1.92 bits per heavy atom. The average Bonchev–Trinajstić information content (AvgIpc) is 2.57. The van der Waals surface area contributed by atoms with Gasteiger partial charge in [-0.05, 0) is 74.1 Å². The van der Waals surface area contributed by atoms with E-state index in [2.05, 4.69) is 27.3 Å². The first-order chi connectivity index (χ1) is 11.5. The molecule has 126 valence electrons. The summed E-state index contributed by atoms with van der Waals surface area (Å²) in [5.41, 5.74) is 2.80. The number of amides is 1. The number of hydrogen-bond donors (Lipinski definition) is 1. The molecule has 0 aromatic heterocycles. The van der Waals surface area contributed by atoms with Crippen LogP contribution >= 0.6 is 15.9 Å². The highest BCUT2D eigenvalue weighted by atomic mass is 79.9. The fourth-order valence-corrected chi connectivity index (χ4v) is 3.20. The molecule has 24 heavy (non-hydrogen) atoms. The minimum Gasteiger partial charge on any atom is -0.481 e. The highest BCUT2D eigenvalue weighted by Crippen LogP contribution is 2.26. The number of benzene rings is 2. The zero-order chi connectivity index (χ0) is 17.1. The van der Waals surface area contributed by atoms with E-state index in [4.69, 9.17) is 4.74 Å². The Hall–Kier alpha value is -1.88. The van der Waals surface area contributed by atoms with E-state index in [0.717, 1.165) is 12.8 Å². The van der Waals surface area contributed by atoms with E-state index in [1.807, 2.05) is 12.1 Å². The molecule has 0 spiro atoms. The Balaban J connectivity index is 1.65. The van der Waals surface area contributed by atoms with Gasteiger partial charge in [0.25, 0.3) is 5.91 Å². The Kier molecular flexibility index (Phi) is 5.19. The van der Waals surface area contributed by atoms with Crippen LogP contribution in [0.3, 0.4) is 0 Å². The van der Waals surface area contributed by atoms with Gasteiger partial charge in [-0.25, -0.2) is 4.39 Å². The van der Waals surface area contributed by atoms with E-state index in [9.17, 15) is 9.18 Å². The molecule has 0 fully saturated rings. The molecule has 0 saturated carbocycles. The third kappa shape index (κ3) is 3.96. The number of nitrogens with one attached hydrogen (secondary N) is 1. The topological polar surface area (TPSA) is 38.3 Å². The van der Waals surface area contributed by atoms with E-state index >= 15 is 0 Å². The van der Waals surface area contributed by atoms with Gasteiger partial charge in [-0.2, -0.15) is 0 Å². The Morgan fingerprint density at radius 1 is 1.17 bits per heavy atom. The number of halogens is 2. The fourth-order valence-electron chi connectivity index (χ4n) is 2.87. The maximum Gasteiger partial charge on any atom is 0.265 e. The number of ether oxygens (including phenoxy) is 1. The quantitative estimate of drug-likeness (QED) is 0.806. The van der Waals surface area contributed by atoms with Gasteiger partial charge in [-0.3, -0.25) is 4.79 Å². The molecule has 1 N–H and O–H groups in total. The number of carbonyl (C=O) groups is 1. The monoisotopic (exact) mass is 391 g/mol. The highest BCUT2D eigenvalue weighted by molar-refractivity contribution is 9.10. The molecular formula is C19H19BrFNO2. The lowest BCUT2D eigenvalue weighted by Crippen LogP contribution is -2.30. The summed E-state index contributed by atoms with van der Waals surface area (Å²) in [4.78, 5) is 12.2. The molecule has 0 radical (unpaired) electrons. The molecule has 2 aromatic rings. The molecule has 3 rings (SSSR count). The summed E-state index contributed by atoms with van der Waals surface area (Å²) in [6, 6.07) is 10.5. The molecule has 1 aliphatic carbocycles. The number of hydrogen-bond acceptors (Lipinski definition) is 2. The van der Waals surface area contributed by atoms with Crippen molar-refractivity contribution >= 4 is 27.5 Å². The van der Waals surface area contributed by atoms with Crippen LogP contribution in [0.5, 0.6) is 5.75 Å². The van der Waals surface area contributed by atoms with Crippen molar-refractivity contribution < 1.29 is 13.9 Å². The minimum atomic E-state index is -0.713. The lowest BCUT2D eigenvalue weighted by atomic mass is 9.92. The van der Waals surface area contributed by atoms with E-state index in [1.54, 1.807) is 13.0 Å². The molecule has 1 aliphatic rings. The Bertz CT molecular complexity index is 763. The molecule has 0 saturated heterocycles. The van der Waals surface area contributed by atoms with Crippen molar-refractivity contribution in [1.29, 1.82) is 0 Å². The Labute approximate surface area is 149 Å². The summed E-state index contributed by atoms with van der Waals surface area (Å²) in [7, 11) is 0. The normalized spacial score (nSPS) is 14.6. The van der Waals surface area contributed by atoms with Gasteiger partial charge in [0, 0.05) is 4.47 Å². The third-order valence-corrected chi connectivity index (χ3v) is 4.68. The number of aryl methyl sites for hydroxylation is 2. The average molecular weight is 392 g/mol. The molecule has 3 nitrogen and oxygen atoms in total. The molecule has 5 heteroatoms. The van der Waals surface area contributed by atoms with Gasteiger partial charge >= 0.3 is 0 Å². The van der Waals surface area contributed by atoms with Gasteiger partial charge in [0.05, 0.1) is 5.69 Å². The summed E-state index contributed by atoms with van der Waals surface area (Å²) in [5, 5.41) is 2.56. The van der Waals surface area contributed by atoms with Gasteiger partial charge in [0.2, 0.25) is 0 Å². The van der Waals surface area contributed by atoms with Crippen molar-refractivity contribution in [2.24, 2.45) is 0 Å². The van der Waals surface area contributed by atoms with Crippen LogP contribution in [0.25, 0.3) is 0 Å². The van der Waals surface area contributed by atoms with Crippen molar-refractivity contribution in [2.75, 3.05) is 5.32 Å². The molecule has 1 unspecified atom stereocenters. The summed E-state index contributed by atoms with van der Waals surface area (Å²) < 4.78 is 20.2. The van der Waals surface area contributed by atoms with Crippen molar-refractivity contribution in [3.8, 4) is 5.75 Å². The first-order valence-corrected chi connectivity index (χ1v) is 8.86. The van der Waals surface area contributed by atoms with Crippen LogP contribution in [0.4, 0.5) is 10.1 Å². The van der Waals surface area contributed by atoms with Gasteiger partial charge in [-0.1, -0.05) is 22.0 Å². The first kappa shape index (κ1) is 17.0. The highest BCUT2D eigenvalue weighted by Gasteiger charge is 2.18. The van der Waals surface area contributed by atoms with Crippen molar-refractivity contribution in [2.45, 2.75) is 38.7 Å². The van der Waals surface area contributed by atoms with Crippen molar-refractivity contribution in [3.05, 3.63) is 57.8 Å². The molecule has 0 aliphatic heterocycles. The molecule has 1 atom stereocenters. The maximum atomic E-state index is 13.8. The maximum absolute atomic E-state index is 13.8. The summed E-state index contributed by atoms with van der Waals surface area (Å²) in [5.74, 6) is -0.192. The summed E-state index contributed by atoms with van der Waals surface area (Å²) >= 11 is 3.19. The zero-order valence-electron chi connectivity index (χ0n) is 13.4. The fraction of sp³-hybridized carbons (Fsp3) is 0.316. The van der Waals surface area contributed by atoms with E-state index in [-0.39, 0.29) is 11.6 Å². The van der Waals surface area contributed by atoms with Gasteiger partial charge in [0.15, 0.2) is 6.10 Å². The van der Waals surface area contributed by atoms with Crippen LogP contribution in [0, 0.1) is 5.82 Å². The van der Waals surface area contributed by atoms with E-state index in [1.165, 1.54) is 36.1 Å². The van der Waals surface area contributed by atoms with Crippen molar-refractivity contribution in [1.82, 2.24) is 0 Å². The molecule has 0 heterocycles. The summed E-state index contributed by atoms with van der Waals surface area (Å²) in [6.07, 6.45) is 3.86. The zero-order valence-corrected chi connectivity index (χ0v) is 15.0. The second kappa shape index (κ2) is 7.34. The Morgan fingerprint density at radius 3 is 2.67 bits per heavy atom. The summed E-state index contributed by atoms with van der Waals surface area (Å²) in [6.45, 7) is 1.66. The minimum absolute atomic E-state index is 0.143. The van der Waals surface area contributed by atoms with Crippen molar-refractivity contribution in [3.63, 3.8) is 0 Å². The van der Waals surface area contributed by atoms with Crippen LogP contribution in [-0.2, 0) is 17.6 Å². The molecular weight excluding hydrogens is 373 g/mol. The number of fused-ring (bicyclic) bond motifs is 1. The molecule has 2 aromatic carbocycles. The van der Waals surface area contributed by atoms with Crippen LogP contribution in [0.15, 0.2) is 40.9 Å². The van der Waals surface area contributed by atoms with Gasteiger partial charge in [0.1, 0.15) is 11.6 Å². The number of anilines is 1. The largest absolute Gasteiger partial charge is 0.481 e. The number of carbonyl (C=O) groups excluding carboxylic acids is 1. The lowest BCUT2D eigenvalue weighted by Gasteiger charge is -2.19. The standard InChI is InChI=1S/C19H19BrFNO2/c1-12(19(23)22-18-9-7-15(20)11-17(18)21)24-16-8-6-13-4-2-3-5-14(13)10-16/h6-12H,2-5H2,1H3,(H,22,23). The van der Waals surface area contributed by atoms with E-state index in [0.29, 0.717) is 10.2 Å². The molecule has 1 amide bonds. The van der Waals surface area contributed by atoms with Crippen LogP contribution < -0.4 is 10.1 Å². The third-order valence-electron chi connectivity index (χ3n) is 4.19. The van der Waals surface area contributed by atoms with Crippen LogP contribution in [0.2, 0.25) is 0 Å². The van der Waals surface area contributed by atoms with Gasteiger partial charge < -0.3 is 10.1 Å². The molecule has 0 bridgehead atoms. The second-order valence-corrected chi connectivity index (χ2v) is 6.93. The predicted octanol–water partition coefficient (Wildman–Crippen LogP) is 4.87. The predicted molar refractivity (Wildman–Crippen MR) is 95.9 cm³/mol.